The van der Waals surface area contributed by atoms with Crippen LogP contribution in [0.2, 0.25) is 5.02 Å². The second-order valence-corrected chi connectivity index (χ2v) is 7.39. The zero-order valence-corrected chi connectivity index (χ0v) is 18.4. The maximum absolute atomic E-state index is 6.56. The van der Waals surface area contributed by atoms with E-state index in [0.717, 1.165) is 30.5 Å². The van der Waals surface area contributed by atoms with Gasteiger partial charge in [0, 0.05) is 13.1 Å². The molecule has 0 aliphatic carbocycles. The van der Waals surface area contributed by atoms with Crippen molar-refractivity contribution in [2.75, 3.05) is 11.9 Å². The quantitative estimate of drug-likeness (QED) is 0.461. The Bertz CT molecular complexity index is 960. The third-order valence-corrected chi connectivity index (χ3v) is 4.99. The number of hydrogen-bond donors (Lipinski definition) is 1. The summed E-state index contributed by atoms with van der Waals surface area (Å²) < 4.78 is 13.6. The number of ether oxygens (including phenoxy) is 2. The number of hydrogen-bond acceptors (Lipinski definition) is 6. The van der Waals surface area contributed by atoms with Gasteiger partial charge in [-0.1, -0.05) is 54.3 Å². The number of aromatic nitrogens is 4. The SMILES string of the molecule is CCCCn1nnnc1NCc1cc(Cl)c(OCc2ccccc2C)c(OCC)c1. The zero-order valence-electron chi connectivity index (χ0n) is 17.7. The van der Waals surface area contributed by atoms with Crippen LogP contribution in [-0.4, -0.2) is 26.8 Å². The molecule has 0 spiro atoms. The van der Waals surface area contributed by atoms with Gasteiger partial charge < -0.3 is 14.8 Å². The second-order valence-electron chi connectivity index (χ2n) is 6.99. The number of aryl methyl sites for hydroxylation is 2. The van der Waals surface area contributed by atoms with Crippen molar-refractivity contribution in [3.63, 3.8) is 0 Å². The summed E-state index contributed by atoms with van der Waals surface area (Å²) in [7, 11) is 0. The molecule has 2 aromatic carbocycles. The standard InChI is InChI=1S/C22H28ClN5O2/c1-4-6-11-28-22(25-26-27-28)24-14-17-12-19(23)21(20(13-17)29-5-2)30-15-18-10-8-7-9-16(18)3/h7-10,12-13H,4-6,11,14-15H2,1-3H3,(H,24,25,27). The van der Waals surface area contributed by atoms with Gasteiger partial charge in [-0.15, -0.1) is 0 Å². The van der Waals surface area contributed by atoms with E-state index >= 15 is 0 Å². The topological polar surface area (TPSA) is 74.1 Å². The van der Waals surface area contributed by atoms with Crippen LogP contribution in [0.4, 0.5) is 5.95 Å². The first kappa shape index (κ1) is 21.9. The monoisotopic (exact) mass is 429 g/mol. The maximum atomic E-state index is 6.56. The van der Waals surface area contributed by atoms with E-state index in [1.807, 2.05) is 37.3 Å². The summed E-state index contributed by atoms with van der Waals surface area (Å²) in [6.07, 6.45) is 2.10. The van der Waals surface area contributed by atoms with E-state index in [2.05, 4.69) is 40.8 Å². The Labute approximate surface area is 182 Å². The molecule has 0 bridgehead atoms. The van der Waals surface area contributed by atoms with E-state index in [9.17, 15) is 0 Å². The number of unbranched alkanes of at least 4 members (excludes halogenated alkanes) is 1. The van der Waals surface area contributed by atoms with Crippen LogP contribution in [0.5, 0.6) is 11.5 Å². The molecule has 0 saturated heterocycles. The van der Waals surface area contributed by atoms with Crippen LogP contribution in [0, 0.1) is 6.92 Å². The van der Waals surface area contributed by atoms with E-state index < -0.39 is 0 Å². The zero-order chi connectivity index (χ0) is 21.3. The first-order valence-electron chi connectivity index (χ1n) is 10.2. The summed E-state index contributed by atoms with van der Waals surface area (Å²) in [5, 5.41) is 15.6. The van der Waals surface area contributed by atoms with E-state index in [1.165, 1.54) is 5.56 Å². The van der Waals surface area contributed by atoms with Crippen molar-refractivity contribution in [1.29, 1.82) is 0 Å². The van der Waals surface area contributed by atoms with Gasteiger partial charge in [0.2, 0.25) is 5.95 Å². The number of benzene rings is 2. The molecule has 0 atom stereocenters. The number of anilines is 1. The highest BCUT2D eigenvalue weighted by atomic mass is 35.5. The molecule has 1 aromatic heterocycles. The van der Waals surface area contributed by atoms with Gasteiger partial charge in [0.15, 0.2) is 11.5 Å². The van der Waals surface area contributed by atoms with Gasteiger partial charge in [-0.05, 0) is 59.5 Å². The molecule has 3 rings (SSSR count). The van der Waals surface area contributed by atoms with E-state index in [1.54, 1.807) is 4.68 Å². The van der Waals surface area contributed by atoms with Crippen molar-refractivity contribution in [1.82, 2.24) is 20.2 Å². The van der Waals surface area contributed by atoms with Crippen LogP contribution < -0.4 is 14.8 Å². The van der Waals surface area contributed by atoms with Gasteiger partial charge in [0.1, 0.15) is 6.61 Å². The molecule has 0 unspecified atom stereocenters. The molecule has 8 heteroatoms. The minimum Gasteiger partial charge on any atom is -0.490 e. The number of tetrazole rings is 1. The molecular formula is C22H28ClN5O2. The average Bonchev–Trinajstić information content (AvgIpc) is 3.19. The van der Waals surface area contributed by atoms with Crippen molar-refractivity contribution in [3.05, 3.63) is 58.1 Å². The Morgan fingerprint density at radius 3 is 2.73 bits per heavy atom. The molecule has 0 radical (unpaired) electrons. The second kappa shape index (κ2) is 10.8. The summed E-state index contributed by atoms with van der Waals surface area (Å²) >= 11 is 6.56. The lowest BCUT2D eigenvalue weighted by molar-refractivity contribution is 0.269. The predicted octanol–water partition coefficient (Wildman–Crippen LogP) is 5.02. The molecular weight excluding hydrogens is 402 g/mol. The summed E-state index contributed by atoms with van der Waals surface area (Å²) in [5.74, 6) is 1.82. The summed E-state index contributed by atoms with van der Waals surface area (Å²) in [6.45, 7) is 8.38. The van der Waals surface area contributed by atoms with Gasteiger partial charge in [0.25, 0.3) is 0 Å². The number of nitrogens with one attached hydrogen (secondary N) is 1. The fourth-order valence-corrected chi connectivity index (χ4v) is 3.31. The van der Waals surface area contributed by atoms with E-state index in [0.29, 0.717) is 42.2 Å². The summed E-state index contributed by atoms with van der Waals surface area (Å²) in [5.41, 5.74) is 3.24. The third-order valence-electron chi connectivity index (χ3n) is 4.71. The van der Waals surface area contributed by atoms with Crippen molar-refractivity contribution in [3.8, 4) is 11.5 Å². The Hall–Kier alpha value is -2.80. The van der Waals surface area contributed by atoms with Crippen LogP contribution in [0.3, 0.4) is 0 Å². The minimum absolute atomic E-state index is 0.427. The van der Waals surface area contributed by atoms with Crippen molar-refractivity contribution >= 4 is 17.5 Å². The van der Waals surface area contributed by atoms with Crippen molar-refractivity contribution in [2.45, 2.75) is 53.3 Å². The first-order valence-corrected chi connectivity index (χ1v) is 10.6. The fraction of sp³-hybridized carbons (Fsp3) is 0.409. The summed E-state index contributed by atoms with van der Waals surface area (Å²) in [4.78, 5) is 0. The van der Waals surface area contributed by atoms with Gasteiger partial charge in [-0.25, -0.2) is 4.68 Å². The van der Waals surface area contributed by atoms with Gasteiger partial charge in [0.05, 0.1) is 11.6 Å². The molecule has 0 aliphatic heterocycles. The predicted molar refractivity (Wildman–Crippen MR) is 118 cm³/mol. The molecule has 0 fully saturated rings. The average molecular weight is 430 g/mol. The molecule has 1 N–H and O–H groups in total. The molecule has 30 heavy (non-hydrogen) atoms. The van der Waals surface area contributed by atoms with Gasteiger partial charge >= 0.3 is 0 Å². The Balaban J connectivity index is 1.72. The molecule has 0 amide bonds. The van der Waals surface area contributed by atoms with E-state index in [-0.39, 0.29) is 0 Å². The number of nitrogens with zero attached hydrogens (tertiary/aromatic N) is 4. The Morgan fingerprint density at radius 2 is 1.97 bits per heavy atom. The van der Waals surface area contributed by atoms with Crippen LogP contribution in [-0.2, 0) is 19.7 Å². The van der Waals surface area contributed by atoms with Crippen LogP contribution in [0.15, 0.2) is 36.4 Å². The molecule has 1 heterocycles. The largest absolute Gasteiger partial charge is 0.490 e. The van der Waals surface area contributed by atoms with Crippen LogP contribution in [0.1, 0.15) is 43.4 Å². The van der Waals surface area contributed by atoms with E-state index in [4.69, 9.17) is 21.1 Å². The van der Waals surface area contributed by atoms with Gasteiger partial charge in [-0.2, -0.15) is 0 Å². The Kier molecular flexibility index (Phi) is 7.90. The van der Waals surface area contributed by atoms with Crippen molar-refractivity contribution < 1.29 is 9.47 Å². The lowest BCUT2D eigenvalue weighted by Crippen LogP contribution is -2.09. The minimum atomic E-state index is 0.427. The molecule has 7 nitrogen and oxygen atoms in total. The highest BCUT2D eigenvalue weighted by Crippen LogP contribution is 2.37. The summed E-state index contributed by atoms with van der Waals surface area (Å²) in [6, 6.07) is 11.9. The fourth-order valence-electron chi connectivity index (χ4n) is 3.02. The maximum Gasteiger partial charge on any atom is 0.243 e. The first-order chi connectivity index (χ1) is 14.6. The smallest absolute Gasteiger partial charge is 0.243 e. The highest BCUT2D eigenvalue weighted by molar-refractivity contribution is 6.32. The van der Waals surface area contributed by atoms with Crippen molar-refractivity contribution in [2.24, 2.45) is 0 Å². The Morgan fingerprint density at radius 1 is 1.13 bits per heavy atom. The molecule has 0 saturated carbocycles. The highest BCUT2D eigenvalue weighted by Gasteiger charge is 2.14. The van der Waals surface area contributed by atoms with Gasteiger partial charge in [-0.3, -0.25) is 0 Å². The third kappa shape index (κ3) is 5.63. The van der Waals surface area contributed by atoms with Crippen LogP contribution >= 0.6 is 11.6 Å². The normalized spacial score (nSPS) is 10.8. The number of halogens is 1. The molecule has 0 aliphatic rings. The number of rotatable bonds is 11. The lowest BCUT2D eigenvalue weighted by atomic mass is 10.1. The van der Waals surface area contributed by atoms with Crippen LogP contribution in [0.25, 0.3) is 0 Å². The lowest BCUT2D eigenvalue weighted by Gasteiger charge is -2.16. The molecule has 3 aromatic rings. The molecule has 160 valence electrons.